The lowest BCUT2D eigenvalue weighted by Gasteiger charge is -2.36. The van der Waals surface area contributed by atoms with Gasteiger partial charge in [-0.3, -0.25) is 0 Å². The third-order valence-electron chi connectivity index (χ3n) is 7.15. The predicted octanol–water partition coefficient (Wildman–Crippen LogP) is 6.11. The zero-order valence-corrected chi connectivity index (χ0v) is 15.9. The molecule has 0 aromatic carbocycles. The lowest BCUT2D eigenvalue weighted by atomic mass is 9.69. The predicted molar refractivity (Wildman–Crippen MR) is 102 cm³/mol. The Bertz CT molecular complexity index is 292. The molecule has 0 bridgehead atoms. The van der Waals surface area contributed by atoms with Crippen molar-refractivity contribution < 1.29 is 0 Å². The first kappa shape index (κ1) is 18.4. The summed E-state index contributed by atoms with van der Waals surface area (Å²) in [6.45, 7) is 7.44. The van der Waals surface area contributed by atoms with E-state index in [0.717, 1.165) is 35.5 Å². The van der Waals surface area contributed by atoms with Crippen LogP contribution in [0.5, 0.6) is 0 Å². The van der Waals surface area contributed by atoms with Gasteiger partial charge < -0.3 is 0 Å². The average Bonchev–Trinajstić information content (AvgIpc) is 2.51. The van der Waals surface area contributed by atoms with Gasteiger partial charge in [-0.15, -0.1) is 0 Å². The maximum absolute atomic E-state index is 2.53. The van der Waals surface area contributed by atoms with Gasteiger partial charge in [-0.05, 0) is 61.2 Å². The van der Waals surface area contributed by atoms with Gasteiger partial charge in [0.2, 0.25) is 0 Å². The summed E-state index contributed by atoms with van der Waals surface area (Å²) >= 11 is 0. The Labute approximate surface area is 141 Å². The van der Waals surface area contributed by atoms with Gasteiger partial charge in [-0.1, -0.05) is 72.0 Å². The summed E-state index contributed by atoms with van der Waals surface area (Å²) in [5.41, 5.74) is 0. The van der Waals surface area contributed by atoms with Crippen LogP contribution in [0.3, 0.4) is 0 Å². The van der Waals surface area contributed by atoms with Gasteiger partial charge in [0.05, 0.1) is 0 Å². The molecule has 0 N–H and O–H groups in total. The molecule has 0 aromatic heterocycles. The first-order chi connectivity index (χ1) is 10.6. The summed E-state index contributed by atoms with van der Waals surface area (Å²) in [7, 11) is 2.35. The van der Waals surface area contributed by atoms with E-state index in [1.165, 1.54) is 51.3 Å². The van der Waals surface area contributed by atoms with E-state index in [1.807, 2.05) is 0 Å². The molecule has 128 valence electrons. The summed E-state index contributed by atoms with van der Waals surface area (Å²) in [6.07, 6.45) is 18.0. The monoisotopic (exact) mass is 304 g/mol. The highest BCUT2D eigenvalue weighted by molar-refractivity contribution is 6.08. The van der Waals surface area contributed by atoms with Crippen LogP contribution in [-0.2, 0) is 0 Å². The minimum absolute atomic E-state index is 0.984. The third-order valence-corrected chi connectivity index (χ3v) is 7.15. The molecule has 2 aliphatic carbocycles. The SMILES string of the molecule is BCCC1CCC(C[C@@H](CC)C[C@@H]2CCC(C)CC2C)CC1. The summed E-state index contributed by atoms with van der Waals surface area (Å²) in [5, 5.41) is 0. The molecule has 2 aliphatic rings. The number of rotatable bonds is 7. The van der Waals surface area contributed by atoms with Crippen molar-refractivity contribution in [2.45, 2.75) is 97.7 Å². The maximum Gasteiger partial charge on any atom is 0.101 e. The second-order valence-electron chi connectivity index (χ2n) is 9.08. The van der Waals surface area contributed by atoms with Gasteiger partial charge in [0, 0.05) is 0 Å². The molecule has 1 heteroatoms. The van der Waals surface area contributed by atoms with E-state index in [1.54, 1.807) is 25.7 Å². The highest BCUT2D eigenvalue weighted by Gasteiger charge is 2.29. The summed E-state index contributed by atoms with van der Waals surface area (Å²) in [5.74, 6) is 6.17. The molecule has 0 nitrogen and oxygen atoms in total. The minimum atomic E-state index is 0.984. The molecule has 0 aromatic rings. The molecule has 2 fully saturated rings. The van der Waals surface area contributed by atoms with Crippen LogP contribution in [0.15, 0.2) is 0 Å². The van der Waals surface area contributed by atoms with Crippen LogP contribution >= 0.6 is 0 Å². The normalized spacial score (nSPS) is 37.9. The van der Waals surface area contributed by atoms with Crippen molar-refractivity contribution in [2.24, 2.45) is 35.5 Å². The molecule has 0 spiro atoms. The Balaban J connectivity index is 1.73. The van der Waals surface area contributed by atoms with Crippen LogP contribution in [0.2, 0.25) is 6.32 Å². The van der Waals surface area contributed by atoms with E-state index < -0.39 is 0 Å². The summed E-state index contributed by atoms with van der Waals surface area (Å²) in [6, 6.07) is 0. The van der Waals surface area contributed by atoms with E-state index >= 15 is 0 Å². The van der Waals surface area contributed by atoms with Gasteiger partial charge in [0.15, 0.2) is 0 Å². The highest BCUT2D eigenvalue weighted by Crippen LogP contribution is 2.41. The summed E-state index contributed by atoms with van der Waals surface area (Å²) < 4.78 is 0. The first-order valence-electron chi connectivity index (χ1n) is 10.6. The molecule has 2 unspecified atom stereocenters. The molecule has 22 heavy (non-hydrogen) atoms. The fraction of sp³-hybridized carbons (Fsp3) is 1.00. The van der Waals surface area contributed by atoms with Crippen molar-refractivity contribution in [3.8, 4) is 0 Å². The lowest BCUT2D eigenvalue weighted by Crippen LogP contribution is -2.25. The maximum atomic E-state index is 2.53. The van der Waals surface area contributed by atoms with E-state index in [0.29, 0.717) is 0 Å². The van der Waals surface area contributed by atoms with E-state index in [4.69, 9.17) is 0 Å². The minimum Gasteiger partial charge on any atom is -0.0808 e. The molecule has 0 heterocycles. The van der Waals surface area contributed by atoms with Gasteiger partial charge in [-0.2, -0.15) is 0 Å². The smallest absolute Gasteiger partial charge is 0.0808 e. The van der Waals surface area contributed by atoms with Crippen LogP contribution < -0.4 is 0 Å². The van der Waals surface area contributed by atoms with Crippen LogP contribution in [0.1, 0.15) is 91.4 Å². The summed E-state index contributed by atoms with van der Waals surface area (Å²) in [4.78, 5) is 0. The zero-order valence-electron chi connectivity index (χ0n) is 15.9. The van der Waals surface area contributed by atoms with Crippen molar-refractivity contribution in [2.75, 3.05) is 0 Å². The third kappa shape index (κ3) is 5.61. The Kier molecular flexibility index (Phi) is 7.85. The standard InChI is InChI=1S/C21H41B/c1-4-18(15-21-10-5-16(2)13-17(21)3)14-20-8-6-19(7-9-20)11-12-22/h16-21H,4-15,22H2,1-3H3/t16?,17?,18-,19?,20?,21+/m1/s1. The molecule has 0 radical (unpaired) electrons. The van der Waals surface area contributed by atoms with E-state index in [9.17, 15) is 0 Å². The van der Waals surface area contributed by atoms with Crippen molar-refractivity contribution in [3.63, 3.8) is 0 Å². The van der Waals surface area contributed by atoms with Crippen LogP contribution in [0, 0.1) is 35.5 Å². The van der Waals surface area contributed by atoms with E-state index in [2.05, 4.69) is 28.6 Å². The van der Waals surface area contributed by atoms with Crippen molar-refractivity contribution >= 4 is 7.85 Å². The van der Waals surface area contributed by atoms with Crippen LogP contribution in [-0.4, -0.2) is 7.85 Å². The second-order valence-corrected chi connectivity index (χ2v) is 9.08. The average molecular weight is 304 g/mol. The Morgan fingerprint density at radius 1 is 0.909 bits per heavy atom. The van der Waals surface area contributed by atoms with Crippen LogP contribution in [0.25, 0.3) is 0 Å². The lowest BCUT2D eigenvalue weighted by molar-refractivity contribution is 0.151. The Morgan fingerprint density at radius 2 is 1.59 bits per heavy atom. The molecular weight excluding hydrogens is 263 g/mol. The fourth-order valence-corrected chi connectivity index (χ4v) is 5.57. The van der Waals surface area contributed by atoms with Crippen LogP contribution in [0.4, 0.5) is 0 Å². The molecule has 0 saturated heterocycles. The second kappa shape index (κ2) is 9.38. The highest BCUT2D eigenvalue weighted by atomic mass is 14.3. The fourth-order valence-electron chi connectivity index (χ4n) is 5.57. The van der Waals surface area contributed by atoms with E-state index in [-0.39, 0.29) is 0 Å². The quantitative estimate of drug-likeness (QED) is 0.497. The Morgan fingerprint density at radius 3 is 2.18 bits per heavy atom. The molecule has 0 aliphatic heterocycles. The topological polar surface area (TPSA) is 0 Å². The molecule has 4 atom stereocenters. The Hall–Kier alpha value is 0.0649. The zero-order chi connectivity index (χ0) is 15.9. The van der Waals surface area contributed by atoms with Gasteiger partial charge in [0.25, 0.3) is 0 Å². The largest absolute Gasteiger partial charge is 0.101 e. The van der Waals surface area contributed by atoms with Crippen molar-refractivity contribution in [1.82, 2.24) is 0 Å². The van der Waals surface area contributed by atoms with Gasteiger partial charge in [-0.25, -0.2) is 0 Å². The molecule has 0 amide bonds. The number of hydrogen-bond donors (Lipinski definition) is 0. The first-order valence-corrected chi connectivity index (χ1v) is 10.6. The van der Waals surface area contributed by atoms with Gasteiger partial charge in [0.1, 0.15) is 7.85 Å². The molecule has 2 rings (SSSR count). The van der Waals surface area contributed by atoms with Crippen molar-refractivity contribution in [1.29, 1.82) is 0 Å². The molecular formula is C21H41B. The van der Waals surface area contributed by atoms with Gasteiger partial charge >= 0.3 is 0 Å². The van der Waals surface area contributed by atoms with Crippen molar-refractivity contribution in [3.05, 3.63) is 0 Å². The number of hydrogen-bond acceptors (Lipinski definition) is 0. The molecule has 2 saturated carbocycles.